The molecule has 0 bridgehead atoms. The zero-order valence-corrected chi connectivity index (χ0v) is 15.3. The summed E-state index contributed by atoms with van der Waals surface area (Å²) in [6.45, 7) is 3.52. The topological polar surface area (TPSA) is 55.6 Å². The fourth-order valence-electron chi connectivity index (χ4n) is 3.79. The summed E-state index contributed by atoms with van der Waals surface area (Å²) < 4.78 is 5.58. The van der Waals surface area contributed by atoms with Gasteiger partial charge in [0.25, 0.3) is 0 Å². The fraction of sp³-hybridized carbons (Fsp3) is 0.632. The Morgan fingerprint density at radius 2 is 2.12 bits per heavy atom. The molecule has 1 saturated carbocycles. The molecular weight excluding hydrogens is 324 g/mol. The van der Waals surface area contributed by atoms with E-state index in [0.29, 0.717) is 12.6 Å². The van der Waals surface area contributed by atoms with E-state index in [0.717, 1.165) is 44.5 Å². The molecule has 0 spiro atoms. The Morgan fingerprint density at radius 1 is 1.38 bits per heavy atom. The number of rotatable bonds is 6. The van der Waals surface area contributed by atoms with Crippen molar-refractivity contribution in [1.29, 1.82) is 0 Å². The summed E-state index contributed by atoms with van der Waals surface area (Å²) in [7, 11) is 0. The molecule has 2 N–H and O–H groups in total. The molecule has 1 atom stereocenters. The van der Waals surface area contributed by atoms with Gasteiger partial charge in [-0.05, 0) is 36.5 Å². The van der Waals surface area contributed by atoms with Crippen LogP contribution in [0.4, 0.5) is 0 Å². The van der Waals surface area contributed by atoms with Gasteiger partial charge in [-0.2, -0.15) is 0 Å². The highest BCUT2D eigenvalue weighted by atomic mass is 35.5. The van der Waals surface area contributed by atoms with Crippen LogP contribution in [0.2, 0.25) is 0 Å². The van der Waals surface area contributed by atoms with Crippen LogP contribution in [0.5, 0.6) is 5.75 Å². The lowest BCUT2D eigenvalue weighted by Crippen LogP contribution is -2.47. The van der Waals surface area contributed by atoms with Gasteiger partial charge in [0.05, 0.1) is 12.6 Å². The lowest BCUT2D eigenvalue weighted by molar-refractivity contribution is -0.135. The van der Waals surface area contributed by atoms with E-state index >= 15 is 0 Å². The molecule has 4 nitrogen and oxygen atoms in total. The van der Waals surface area contributed by atoms with Gasteiger partial charge in [0.1, 0.15) is 5.75 Å². The lowest BCUT2D eigenvalue weighted by atomic mass is 10.0. The van der Waals surface area contributed by atoms with Crippen molar-refractivity contribution in [3.8, 4) is 5.75 Å². The van der Waals surface area contributed by atoms with Gasteiger partial charge in [0, 0.05) is 19.0 Å². The number of nitrogens with zero attached hydrogens (tertiary/aromatic N) is 1. The first-order valence-electron chi connectivity index (χ1n) is 8.99. The molecule has 5 heteroatoms. The van der Waals surface area contributed by atoms with Gasteiger partial charge >= 0.3 is 0 Å². The van der Waals surface area contributed by atoms with Crippen LogP contribution in [0.1, 0.15) is 56.6 Å². The smallest absolute Gasteiger partial charge is 0.240 e. The molecule has 1 aliphatic carbocycles. The van der Waals surface area contributed by atoms with Gasteiger partial charge in [0.2, 0.25) is 5.91 Å². The monoisotopic (exact) mass is 352 g/mol. The molecule has 0 saturated heterocycles. The molecule has 1 aromatic carbocycles. The van der Waals surface area contributed by atoms with Crippen molar-refractivity contribution in [2.24, 2.45) is 5.73 Å². The maximum atomic E-state index is 12.8. The quantitative estimate of drug-likeness (QED) is 0.853. The number of carbonyl (C=O) groups is 1. The summed E-state index contributed by atoms with van der Waals surface area (Å²) >= 11 is 0. The van der Waals surface area contributed by atoms with E-state index in [1.807, 2.05) is 11.0 Å². The van der Waals surface area contributed by atoms with E-state index in [4.69, 9.17) is 10.5 Å². The molecule has 0 radical (unpaired) electrons. The second-order valence-corrected chi connectivity index (χ2v) is 6.84. The summed E-state index contributed by atoms with van der Waals surface area (Å²) in [5.74, 6) is 1.12. The Labute approximate surface area is 151 Å². The maximum Gasteiger partial charge on any atom is 0.240 e. The van der Waals surface area contributed by atoms with Crippen LogP contribution in [0.15, 0.2) is 18.2 Å². The SMILES string of the molecule is CCCC(N)C(=O)N(Cc1ccc2c(c1)CCO2)C1CCCC1.Cl. The third kappa shape index (κ3) is 4.22. The van der Waals surface area contributed by atoms with Crippen molar-refractivity contribution in [1.82, 2.24) is 4.90 Å². The highest BCUT2D eigenvalue weighted by Crippen LogP contribution is 2.29. The van der Waals surface area contributed by atoms with Crippen molar-refractivity contribution in [3.63, 3.8) is 0 Å². The predicted molar refractivity (Wildman–Crippen MR) is 98.6 cm³/mol. The molecule has 134 valence electrons. The first-order valence-corrected chi connectivity index (χ1v) is 8.99. The molecule has 0 aromatic heterocycles. The van der Waals surface area contributed by atoms with E-state index in [1.54, 1.807) is 0 Å². The summed E-state index contributed by atoms with van der Waals surface area (Å²) in [5.41, 5.74) is 8.58. The number of ether oxygens (including phenoxy) is 1. The fourth-order valence-corrected chi connectivity index (χ4v) is 3.79. The number of amides is 1. The zero-order valence-electron chi connectivity index (χ0n) is 14.5. The second-order valence-electron chi connectivity index (χ2n) is 6.84. The van der Waals surface area contributed by atoms with Gasteiger partial charge in [0.15, 0.2) is 0 Å². The highest BCUT2D eigenvalue weighted by molar-refractivity contribution is 5.85. The molecule has 1 amide bonds. The number of hydrogen-bond donors (Lipinski definition) is 1. The summed E-state index contributed by atoms with van der Waals surface area (Å²) in [6, 6.07) is 6.32. The first-order chi connectivity index (χ1) is 11.2. The van der Waals surface area contributed by atoms with Crippen LogP contribution in [0, 0.1) is 0 Å². The molecule has 1 aliphatic heterocycles. The molecule has 24 heavy (non-hydrogen) atoms. The minimum atomic E-state index is -0.363. The summed E-state index contributed by atoms with van der Waals surface area (Å²) in [6.07, 6.45) is 7.33. The van der Waals surface area contributed by atoms with E-state index in [1.165, 1.54) is 24.0 Å². The molecule has 1 fully saturated rings. The first kappa shape index (κ1) is 19.1. The number of nitrogens with two attached hydrogens (primary N) is 1. The van der Waals surface area contributed by atoms with Crippen LogP contribution in [0.3, 0.4) is 0 Å². The van der Waals surface area contributed by atoms with Crippen LogP contribution < -0.4 is 10.5 Å². The highest BCUT2D eigenvalue weighted by Gasteiger charge is 2.29. The van der Waals surface area contributed by atoms with Crippen LogP contribution in [-0.4, -0.2) is 29.5 Å². The van der Waals surface area contributed by atoms with Gasteiger partial charge in [-0.3, -0.25) is 4.79 Å². The molecule has 1 unspecified atom stereocenters. The average Bonchev–Trinajstić information content (AvgIpc) is 3.23. The molecular formula is C19H29ClN2O2. The van der Waals surface area contributed by atoms with Crippen molar-refractivity contribution < 1.29 is 9.53 Å². The Kier molecular flexibility index (Phi) is 6.93. The molecule has 1 heterocycles. The second kappa shape index (κ2) is 8.72. The van der Waals surface area contributed by atoms with Crippen molar-refractivity contribution in [3.05, 3.63) is 29.3 Å². The van der Waals surface area contributed by atoms with E-state index < -0.39 is 0 Å². The van der Waals surface area contributed by atoms with Gasteiger partial charge in [-0.15, -0.1) is 12.4 Å². The van der Waals surface area contributed by atoms with Crippen molar-refractivity contribution in [2.45, 2.75) is 70.5 Å². The van der Waals surface area contributed by atoms with E-state index in [9.17, 15) is 4.79 Å². The molecule has 2 aliphatic rings. The minimum Gasteiger partial charge on any atom is -0.493 e. The molecule has 1 aromatic rings. The number of hydrogen-bond acceptors (Lipinski definition) is 3. The van der Waals surface area contributed by atoms with Gasteiger partial charge in [-0.25, -0.2) is 0 Å². The lowest BCUT2D eigenvalue weighted by Gasteiger charge is -2.31. The maximum absolute atomic E-state index is 12.8. The van der Waals surface area contributed by atoms with Crippen LogP contribution in [0.25, 0.3) is 0 Å². The number of halogens is 1. The third-order valence-corrected chi connectivity index (χ3v) is 5.07. The number of fused-ring (bicyclic) bond motifs is 1. The normalized spacial score (nSPS) is 17.8. The van der Waals surface area contributed by atoms with Crippen molar-refractivity contribution in [2.75, 3.05) is 6.61 Å². The predicted octanol–water partition coefficient (Wildman–Crippen LogP) is 3.44. The summed E-state index contributed by atoms with van der Waals surface area (Å²) in [5, 5.41) is 0. The Hall–Kier alpha value is -1.26. The van der Waals surface area contributed by atoms with E-state index in [2.05, 4.69) is 19.1 Å². The van der Waals surface area contributed by atoms with Crippen LogP contribution in [-0.2, 0) is 17.8 Å². The van der Waals surface area contributed by atoms with Crippen molar-refractivity contribution >= 4 is 18.3 Å². The largest absolute Gasteiger partial charge is 0.493 e. The summed E-state index contributed by atoms with van der Waals surface area (Å²) in [4.78, 5) is 14.9. The Morgan fingerprint density at radius 3 is 2.83 bits per heavy atom. The number of carbonyl (C=O) groups excluding carboxylic acids is 1. The average molecular weight is 353 g/mol. The van der Waals surface area contributed by atoms with Crippen LogP contribution >= 0.6 is 12.4 Å². The van der Waals surface area contributed by atoms with Gasteiger partial charge < -0.3 is 15.4 Å². The minimum absolute atomic E-state index is 0. The molecule has 3 rings (SSSR count). The zero-order chi connectivity index (χ0) is 16.2. The Bertz CT molecular complexity index is 558. The standard InChI is InChI=1S/C19H28N2O2.ClH/c1-2-5-17(20)19(22)21(16-6-3-4-7-16)13-14-8-9-18-15(12-14)10-11-23-18;/h8-9,12,16-17H,2-7,10-11,13,20H2,1H3;1H. The Balaban J connectivity index is 0.00000208. The van der Waals surface area contributed by atoms with E-state index in [-0.39, 0.29) is 24.4 Å². The number of benzene rings is 1. The third-order valence-electron chi connectivity index (χ3n) is 5.07. The van der Waals surface area contributed by atoms with Gasteiger partial charge in [-0.1, -0.05) is 38.3 Å².